The molecule has 1 heterocycles. The molecule has 2 N–H and O–H groups in total. The van der Waals surface area contributed by atoms with Gasteiger partial charge in [-0.15, -0.1) is 11.3 Å². The summed E-state index contributed by atoms with van der Waals surface area (Å²) in [5, 5.41) is 3.41. The van der Waals surface area contributed by atoms with Gasteiger partial charge >= 0.3 is 0 Å². The summed E-state index contributed by atoms with van der Waals surface area (Å²) in [6.45, 7) is 8.91. The monoisotopic (exact) mass is 240 g/mol. The summed E-state index contributed by atoms with van der Waals surface area (Å²) in [7, 11) is 0. The maximum absolute atomic E-state index is 6.02. The average molecular weight is 240 g/mol. The molecule has 1 atom stereocenters. The molecule has 0 aliphatic carbocycles. The van der Waals surface area contributed by atoms with Crippen molar-refractivity contribution in [2.75, 3.05) is 0 Å². The lowest BCUT2D eigenvalue weighted by atomic mass is 9.93. The number of hydrogen-bond donors (Lipinski definition) is 1. The Kier molecular flexibility index (Phi) is 4.93. The van der Waals surface area contributed by atoms with E-state index < -0.39 is 0 Å². The Balaban J connectivity index is 2.51. The third-order valence-electron chi connectivity index (χ3n) is 2.41. The minimum Gasteiger partial charge on any atom is -0.327 e. The van der Waals surface area contributed by atoms with E-state index in [0.717, 1.165) is 25.7 Å². The second-order valence-electron chi connectivity index (χ2n) is 5.72. The Bertz CT molecular complexity index is 312. The highest BCUT2D eigenvalue weighted by molar-refractivity contribution is 7.09. The van der Waals surface area contributed by atoms with Crippen molar-refractivity contribution in [3.63, 3.8) is 0 Å². The first-order chi connectivity index (χ1) is 7.40. The van der Waals surface area contributed by atoms with Crippen molar-refractivity contribution in [2.45, 2.75) is 59.4 Å². The number of rotatable bonds is 5. The standard InChI is InChI=1S/C13H24N2S/c1-5-6-10(14)7-11-9-16-12(15-11)8-13(2,3)4/h9-10H,5-8,14H2,1-4H3. The van der Waals surface area contributed by atoms with E-state index in [4.69, 9.17) is 5.73 Å². The SMILES string of the molecule is CCCC(N)Cc1csc(CC(C)(C)C)n1. The molecular weight excluding hydrogens is 216 g/mol. The van der Waals surface area contributed by atoms with E-state index >= 15 is 0 Å². The molecule has 2 nitrogen and oxygen atoms in total. The van der Waals surface area contributed by atoms with E-state index in [2.05, 4.69) is 38.1 Å². The molecule has 0 amide bonds. The van der Waals surface area contributed by atoms with Crippen molar-refractivity contribution < 1.29 is 0 Å². The first-order valence-corrected chi connectivity index (χ1v) is 6.97. The molecule has 3 heteroatoms. The predicted molar refractivity (Wildman–Crippen MR) is 71.9 cm³/mol. The molecule has 16 heavy (non-hydrogen) atoms. The Morgan fingerprint density at radius 3 is 2.69 bits per heavy atom. The predicted octanol–water partition coefficient (Wildman–Crippen LogP) is 3.40. The number of aromatic nitrogens is 1. The number of hydrogen-bond acceptors (Lipinski definition) is 3. The molecule has 1 rings (SSSR count). The first-order valence-electron chi connectivity index (χ1n) is 6.09. The van der Waals surface area contributed by atoms with E-state index in [1.165, 1.54) is 10.7 Å². The van der Waals surface area contributed by atoms with E-state index in [9.17, 15) is 0 Å². The lowest BCUT2D eigenvalue weighted by molar-refractivity contribution is 0.410. The fourth-order valence-electron chi connectivity index (χ4n) is 1.72. The third-order valence-corrected chi connectivity index (χ3v) is 3.31. The summed E-state index contributed by atoms with van der Waals surface area (Å²) in [6, 6.07) is 0.273. The lowest BCUT2D eigenvalue weighted by Crippen LogP contribution is -2.22. The highest BCUT2D eigenvalue weighted by atomic mass is 32.1. The molecule has 0 aliphatic rings. The van der Waals surface area contributed by atoms with Gasteiger partial charge in [-0.25, -0.2) is 4.98 Å². The van der Waals surface area contributed by atoms with Crippen LogP contribution in [-0.4, -0.2) is 11.0 Å². The first kappa shape index (κ1) is 13.7. The Morgan fingerprint density at radius 1 is 1.44 bits per heavy atom. The quantitative estimate of drug-likeness (QED) is 0.856. The summed E-state index contributed by atoms with van der Waals surface area (Å²) in [6.07, 6.45) is 4.22. The highest BCUT2D eigenvalue weighted by Gasteiger charge is 2.14. The molecule has 0 aromatic carbocycles. The van der Waals surface area contributed by atoms with Crippen LogP contribution < -0.4 is 5.73 Å². The maximum Gasteiger partial charge on any atom is 0.0933 e. The molecule has 0 saturated heterocycles. The minimum absolute atomic E-state index is 0.273. The van der Waals surface area contributed by atoms with E-state index in [1.807, 2.05) is 0 Å². The second-order valence-corrected chi connectivity index (χ2v) is 6.67. The molecule has 0 aliphatic heterocycles. The van der Waals surface area contributed by atoms with E-state index in [-0.39, 0.29) is 6.04 Å². The summed E-state index contributed by atoms with van der Waals surface area (Å²) in [5.41, 5.74) is 7.51. The van der Waals surface area contributed by atoms with Gasteiger partial charge in [0, 0.05) is 24.3 Å². The Hall–Kier alpha value is -0.410. The van der Waals surface area contributed by atoms with Crippen molar-refractivity contribution in [1.29, 1.82) is 0 Å². The smallest absolute Gasteiger partial charge is 0.0933 e. The lowest BCUT2D eigenvalue weighted by Gasteiger charge is -2.15. The highest BCUT2D eigenvalue weighted by Crippen LogP contribution is 2.23. The zero-order valence-electron chi connectivity index (χ0n) is 10.9. The fraction of sp³-hybridized carbons (Fsp3) is 0.769. The normalized spacial score (nSPS) is 14.1. The molecule has 0 bridgehead atoms. The molecule has 0 saturated carbocycles. The van der Waals surface area contributed by atoms with Gasteiger partial charge in [0.25, 0.3) is 0 Å². The zero-order chi connectivity index (χ0) is 12.2. The van der Waals surface area contributed by atoms with Crippen LogP contribution in [0.3, 0.4) is 0 Å². The van der Waals surface area contributed by atoms with E-state index in [1.54, 1.807) is 11.3 Å². The van der Waals surface area contributed by atoms with Gasteiger partial charge < -0.3 is 5.73 Å². The van der Waals surface area contributed by atoms with Gasteiger partial charge in [-0.05, 0) is 11.8 Å². The van der Waals surface area contributed by atoms with Crippen LogP contribution in [-0.2, 0) is 12.8 Å². The number of nitrogens with two attached hydrogens (primary N) is 1. The van der Waals surface area contributed by atoms with Gasteiger partial charge in [-0.1, -0.05) is 34.1 Å². The van der Waals surface area contributed by atoms with Crippen molar-refractivity contribution in [2.24, 2.45) is 11.1 Å². The van der Waals surface area contributed by atoms with Crippen LogP contribution >= 0.6 is 11.3 Å². The topological polar surface area (TPSA) is 38.9 Å². The molecule has 0 fully saturated rings. The van der Waals surface area contributed by atoms with Crippen molar-refractivity contribution in [1.82, 2.24) is 4.98 Å². The van der Waals surface area contributed by atoms with Crippen LogP contribution in [0.5, 0.6) is 0 Å². The molecule has 1 aromatic heterocycles. The van der Waals surface area contributed by atoms with Gasteiger partial charge in [0.05, 0.1) is 10.7 Å². The minimum atomic E-state index is 0.273. The van der Waals surface area contributed by atoms with Crippen LogP contribution in [0.4, 0.5) is 0 Å². The van der Waals surface area contributed by atoms with Crippen molar-refractivity contribution in [3.8, 4) is 0 Å². The van der Waals surface area contributed by atoms with Gasteiger partial charge in [0.1, 0.15) is 0 Å². The Labute approximate surface area is 103 Å². The Morgan fingerprint density at radius 2 is 2.12 bits per heavy atom. The van der Waals surface area contributed by atoms with Crippen LogP contribution in [0, 0.1) is 5.41 Å². The van der Waals surface area contributed by atoms with Crippen LogP contribution in [0.1, 0.15) is 51.2 Å². The fourth-order valence-corrected chi connectivity index (χ4v) is 2.83. The molecular formula is C13H24N2S. The van der Waals surface area contributed by atoms with E-state index in [0.29, 0.717) is 5.41 Å². The third kappa shape index (κ3) is 5.08. The summed E-state index contributed by atoms with van der Waals surface area (Å²) in [5.74, 6) is 0. The van der Waals surface area contributed by atoms with Crippen LogP contribution in [0.25, 0.3) is 0 Å². The summed E-state index contributed by atoms with van der Waals surface area (Å²) < 4.78 is 0. The average Bonchev–Trinajstić information content (AvgIpc) is 2.49. The van der Waals surface area contributed by atoms with Crippen molar-refractivity contribution in [3.05, 3.63) is 16.1 Å². The van der Waals surface area contributed by atoms with Gasteiger partial charge in [0.15, 0.2) is 0 Å². The molecule has 0 spiro atoms. The number of thiazole rings is 1. The van der Waals surface area contributed by atoms with Gasteiger partial charge in [-0.2, -0.15) is 0 Å². The molecule has 1 unspecified atom stereocenters. The second kappa shape index (κ2) is 5.78. The van der Waals surface area contributed by atoms with Gasteiger partial charge in [0.2, 0.25) is 0 Å². The molecule has 92 valence electrons. The molecule has 1 aromatic rings. The van der Waals surface area contributed by atoms with Crippen molar-refractivity contribution >= 4 is 11.3 Å². The van der Waals surface area contributed by atoms with Gasteiger partial charge in [-0.3, -0.25) is 0 Å². The molecule has 0 radical (unpaired) electrons. The summed E-state index contributed by atoms with van der Waals surface area (Å²) >= 11 is 1.77. The van der Waals surface area contributed by atoms with Crippen LogP contribution in [0.15, 0.2) is 5.38 Å². The van der Waals surface area contributed by atoms with Crippen LogP contribution in [0.2, 0.25) is 0 Å². The zero-order valence-corrected chi connectivity index (χ0v) is 11.7. The maximum atomic E-state index is 6.02. The summed E-state index contributed by atoms with van der Waals surface area (Å²) in [4.78, 5) is 4.66. The number of nitrogens with zero attached hydrogens (tertiary/aromatic N) is 1. The largest absolute Gasteiger partial charge is 0.327 e.